The topological polar surface area (TPSA) is 53.7 Å². The number of benzene rings is 4. The molecule has 0 radical (unpaired) electrons. The SMILES string of the molecule is N=c1c2c(NCc3ccccc3)nc(-c3ccccc3)cc2cc(-c2ccccc2)n1Cc1ccccc1. The van der Waals surface area contributed by atoms with Crippen LogP contribution < -0.4 is 10.8 Å². The second kappa shape index (κ2) is 10.6. The van der Waals surface area contributed by atoms with Crippen molar-refractivity contribution in [1.29, 1.82) is 5.41 Å². The van der Waals surface area contributed by atoms with Gasteiger partial charge in [0, 0.05) is 18.7 Å². The van der Waals surface area contributed by atoms with E-state index in [1.807, 2.05) is 72.8 Å². The summed E-state index contributed by atoms with van der Waals surface area (Å²) in [6.45, 7) is 1.22. The van der Waals surface area contributed by atoms with Crippen LogP contribution in [-0.4, -0.2) is 9.55 Å². The highest BCUT2D eigenvalue weighted by molar-refractivity contribution is 5.95. The number of pyridine rings is 2. The zero-order chi connectivity index (χ0) is 25.7. The first-order valence-corrected chi connectivity index (χ1v) is 12.8. The van der Waals surface area contributed by atoms with Gasteiger partial charge in [-0.05, 0) is 34.2 Å². The van der Waals surface area contributed by atoms with Crippen molar-refractivity contribution in [3.8, 4) is 22.5 Å². The Hall–Kier alpha value is -4.96. The molecule has 4 nitrogen and oxygen atoms in total. The highest BCUT2D eigenvalue weighted by Gasteiger charge is 2.16. The average molecular weight is 493 g/mol. The van der Waals surface area contributed by atoms with E-state index in [1.54, 1.807) is 0 Å². The molecule has 0 unspecified atom stereocenters. The van der Waals surface area contributed by atoms with Gasteiger partial charge in [0.25, 0.3) is 0 Å². The smallest absolute Gasteiger partial charge is 0.138 e. The van der Waals surface area contributed by atoms with Crippen LogP contribution in [0.15, 0.2) is 133 Å². The highest BCUT2D eigenvalue weighted by atomic mass is 15.0. The van der Waals surface area contributed by atoms with Crippen LogP contribution in [0.5, 0.6) is 0 Å². The third-order valence-electron chi connectivity index (χ3n) is 6.77. The van der Waals surface area contributed by atoms with E-state index < -0.39 is 0 Å². The molecule has 38 heavy (non-hydrogen) atoms. The molecule has 6 rings (SSSR count). The van der Waals surface area contributed by atoms with Crippen molar-refractivity contribution >= 4 is 16.6 Å². The largest absolute Gasteiger partial charge is 0.365 e. The Bertz CT molecular complexity index is 1730. The Morgan fingerprint density at radius 2 is 1.18 bits per heavy atom. The number of hydrogen-bond donors (Lipinski definition) is 2. The standard InChI is InChI=1S/C34H28N4/c35-33-32-29(22-31(28-19-11-4-12-20-28)38(33)24-26-15-7-2-8-16-26)21-30(27-17-9-3-10-18-27)37-34(32)36-23-25-13-5-1-6-14-25/h1-22,35H,23-24H2,(H,36,37). The van der Waals surface area contributed by atoms with E-state index in [-0.39, 0.29) is 0 Å². The molecule has 0 atom stereocenters. The number of rotatable bonds is 7. The minimum Gasteiger partial charge on any atom is -0.365 e. The van der Waals surface area contributed by atoms with Gasteiger partial charge >= 0.3 is 0 Å². The first-order chi connectivity index (χ1) is 18.8. The van der Waals surface area contributed by atoms with Gasteiger partial charge in [-0.3, -0.25) is 5.41 Å². The predicted molar refractivity (Wildman–Crippen MR) is 156 cm³/mol. The Kier molecular flexibility index (Phi) is 6.52. The van der Waals surface area contributed by atoms with Crippen LogP contribution in [0.2, 0.25) is 0 Å². The quantitative estimate of drug-likeness (QED) is 0.242. The van der Waals surface area contributed by atoms with Gasteiger partial charge in [-0.25, -0.2) is 4.98 Å². The van der Waals surface area contributed by atoms with Crippen molar-refractivity contribution in [2.45, 2.75) is 13.1 Å². The van der Waals surface area contributed by atoms with E-state index in [0.29, 0.717) is 18.6 Å². The van der Waals surface area contributed by atoms with E-state index in [9.17, 15) is 5.41 Å². The third-order valence-corrected chi connectivity index (χ3v) is 6.77. The van der Waals surface area contributed by atoms with Crippen LogP contribution in [0.4, 0.5) is 5.82 Å². The summed E-state index contributed by atoms with van der Waals surface area (Å²) >= 11 is 0. The van der Waals surface area contributed by atoms with Gasteiger partial charge in [-0.2, -0.15) is 0 Å². The summed E-state index contributed by atoms with van der Waals surface area (Å²) < 4.78 is 2.09. The molecule has 0 saturated carbocycles. The minimum atomic E-state index is 0.438. The summed E-state index contributed by atoms with van der Waals surface area (Å²) in [5.41, 5.74) is 6.76. The van der Waals surface area contributed by atoms with E-state index in [2.05, 4.69) is 70.5 Å². The zero-order valence-electron chi connectivity index (χ0n) is 21.0. The van der Waals surface area contributed by atoms with Crippen molar-refractivity contribution in [1.82, 2.24) is 9.55 Å². The van der Waals surface area contributed by atoms with Crippen LogP contribution in [0.25, 0.3) is 33.3 Å². The van der Waals surface area contributed by atoms with E-state index in [4.69, 9.17) is 4.98 Å². The van der Waals surface area contributed by atoms with Gasteiger partial charge in [0.15, 0.2) is 0 Å². The molecule has 184 valence electrons. The minimum absolute atomic E-state index is 0.438. The lowest BCUT2D eigenvalue weighted by Gasteiger charge is -2.19. The van der Waals surface area contributed by atoms with E-state index in [1.165, 1.54) is 0 Å². The lowest BCUT2D eigenvalue weighted by Crippen LogP contribution is -2.24. The van der Waals surface area contributed by atoms with Gasteiger partial charge in [0.2, 0.25) is 0 Å². The third kappa shape index (κ3) is 4.84. The molecule has 0 fully saturated rings. The molecule has 0 saturated heterocycles. The molecule has 0 spiro atoms. The van der Waals surface area contributed by atoms with Crippen molar-refractivity contribution < 1.29 is 0 Å². The van der Waals surface area contributed by atoms with Gasteiger partial charge < -0.3 is 9.88 Å². The van der Waals surface area contributed by atoms with Crippen molar-refractivity contribution in [2.75, 3.05) is 5.32 Å². The average Bonchev–Trinajstić information content (AvgIpc) is 2.99. The monoisotopic (exact) mass is 492 g/mol. The van der Waals surface area contributed by atoms with Crippen LogP contribution in [0, 0.1) is 5.41 Å². The van der Waals surface area contributed by atoms with Gasteiger partial charge in [-0.15, -0.1) is 0 Å². The molecule has 0 bridgehead atoms. The van der Waals surface area contributed by atoms with Crippen LogP contribution in [0.1, 0.15) is 11.1 Å². The number of anilines is 1. The Morgan fingerprint density at radius 1 is 0.632 bits per heavy atom. The molecule has 0 aliphatic heterocycles. The Labute approximate surface area is 222 Å². The van der Waals surface area contributed by atoms with Crippen molar-refractivity contribution in [2.24, 2.45) is 0 Å². The summed E-state index contributed by atoms with van der Waals surface area (Å²) in [7, 11) is 0. The highest BCUT2D eigenvalue weighted by Crippen LogP contribution is 2.30. The van der Waals surface area contributed by atoms with Crippen molar-refractivity contribution in [3.05, 3.63) is 150 Å². The second-order valence-electron chi connectivity index (χ2n) is 9.34. The number of nitrogens with zero attached hydrogens (tertiary/aromatic N) is 2. The molecule has 0 amide bonds. The predicted octanol–water partition coefficient (Wildman–Crippen LogP) is 7.51. The zero-order valence-corrected chi connectivity index (χ0v) is 21.0. The van der Waals surface area contributed by atoms with Crippen LogP contribution in [-0.2, 0) is 13.1 Å². The first-order valence-electron chi connectivity index (χ1n) is 12.8. The molecule has 4 heteroatoms. The number of aromatic nitrogens is 2. The first kappa shape index (κ1) is 23.4. The molecular formula is C34H28N4. The molecule has 2 aromatic heterocycles. The fourth-order valence-electron chi connectivity index (χ4n) is 4.85. The van der Waals surface area contributed by atoms with E-state index >= 15 is 0 Å². The van der Waals surface area contributed by atoms with E-state index in [0.717, 1.165) is 50.2 Å². The molecule has 2 heterocycles. The van der Waals surface area contributed by atoms with Crippen LogP contribution in [0.3, 0.4) is 0 Å². The molecular weight excluding hydrogens is 464 g/mol. The van der Waals surface area contributed by atoms with Crippen molar-refractivity contribution in [3.63, 3.8) is 0 Å². The van der Waals surface area contributed by atoms with Gasteiger partial charge in [0.1, 0.15) is 11.3 Å². The summed E-state index contributed by atoms with van der Waals surface area (Å²) in [5, 5.41) is 14.8. The fraction of sp³-hybridized carbons (Fsp3) is 0.0588. The summed E-state index contributed by atoms with van der Waals surface area (Å²) in [6.07, 6.45) is 0. The maximum atomic E-state index is 9.46. The summed E-state index contributed by atoms with van der Waals surface area (Å²) in [5.74, 6) is 0.719. The van der Waals surface area contributed by atoms with Gasteiger partial charge in [0.05, 0.1) is 16.8 Å². The Morgan fingerprint density at radius 3 is 1.82 bits per heavy atom. The Balaban J connectivity index is 1.58. The number of fused-ring (bicyclic) bond motifs is 1. The maximum absolute atomic E-state index is 9.46. The maximum Gasteiger partial charge on any atom is 0.138 e. The lowest BCUT2D eigenvalue weighted by atomic mass is 10.0. The molecule has 0 aliphatic carbocycles. The lowest BCUT2D eigenvalue weighted by molar-refractivity contribution is 0.749. The summed E-state index contributed by atoms with van der Waals surface area (Å²) in [6, 6.07) is 45.5. The van der Waals surface area contributed by atoms with Crippen LogP contribution >= 0.6 is 0 Å². The second-order valence-corrected chi connectivity index (χ2v) is 9.34. The fourth-order valence-corrected chi connectivity index (χ4v) is 4.85. The molecule has 4 aromatic carbocycles. The number of nitrogens with one attached hydrogen (secondary N) is 2. The molecule has 6 aromatic rings. The molecule has 2 N–H and O–H groups in total. The molecule has 0 aliphatic rings. The normalized spacial score (nSPS) is 10.9. The summed E-state index contributed by atoms with van der Waals surface area (Å²) in [4.78, 5) is 5.05. The number of hydrogen-bond acceptors (Lipinski definition) is 3. The van der Waals surface area contributed by atoms with Gasteiger partial charge in [-0.1, -0.05) is 121 Å².